The quantitative estimate of drug-likeness (QED) is 0.738. The maximum absolute atomic E-state index is 12.3. The smallest absolute Gasteiger partial charge is 0.224 e. The summed E-state index contributed by atoms with van der Waals surface area (Å²) in [7, 11) is 0. The third kappa shape index (κ3) is 7.49. The average molecular weight is 410 g/mol. The van der Waals surface area contributed by atoms with Crippen molar-refractivity contribution in [3.8, 4) is 0 Å². The molecule has 1 aromatic heterocycles. The molecule has 0 aliphatic carbocycles. The molecule has 1 atom stereocenters. The Kier molecular flexibility index (Phi) is 10.4. The van der Waals surface area contributed by atoms with E-state index in [2.05, 4.69) is 34.7 Å². The Morgan fingerprint density at radius 2 is 1.67 bits per heavy atom. The number of halogens is 2. The molecule has 0 radical (unpaired) electrons. The van der Waals surface area contributed by atoms with Crippen molar-refractivity contribution in [3.63, 3.8) is 0 Å². The highest BCUT2D eigenvalue weighted by molar-refractivity contribution is 5.90. The van der Waals surface area contributed by atoms with Crippen molar-refractivity contribution in [3.05, 3.63) is 59.9 Å². The van der Waals surface area contributed by atoms with Gasteiger partial charge in [-0.1, -0.05) is 19.1 Å². The molecule has 6 heteroatoms. The fourth-order valence-electron chi connectivity index (χ4n) is 3.53. The fraction of sp³-hybridized carbons (Fsp3) is 0.429. The first kappa shape index (κ1) is 23.4. The molecule has 2 aromatic rings. The highest BCUT2D eigenvalue weighted by Gasteiger charge is 2.21. The Bertz CT molecular complexity index is 674. The van der Waals surface area contributed by atoms with Crippen molar-refractivity contribution in [1.29, 1.82) is 0 Å². The molecule has 0 bridgehead atoms. The monoisotopic (exact) mass is 409 g/mol. The van der Waals surface area contributed by atoms with Gasteiger partial charge >= 0.3 is 0 Å². The van der Waals surface area contributed by atoms with Crippen molar-refractivity contribution >= 4 is 36.4 Å². The summed E-state index contributed by atoms with van der Waals surface area (Å²) in [5.74, 6) is 1.22. The summed E-state index contributed by atoms with van der Waals surface area (Å²) in [6.45, 7) is 4.36. The number of rotatable bonds is 6. The zero-order valence-electron chi connectivity index (χ0n) is 15.7. The van der Waals surface area contributed by atoms with Crippen LogP contribution in [0.5, 0.6) is 0 Å². The predicted molar refractivity (Wildman–Crippen MR) is 116 cm³/mol. The van der Waals surface area contributed by atoms with Gasteiger partial charge in [0.2, 0.25) is 5.91 Å². The van der Waals surface area contributed by atoms with Crippen LogP contribution in [0.2, 0.25) is 0 Å². The van der Waals surface area contributed by atoms with Gasteiger partial charge in [0.25, 0.3) is 0 Å². The molecule has 1 fully saturated rings. The molecule has 1 amide bonds. The topological polar surface area (TPSA) is 54.0 Å². The zero-order chi connectivity index (χ0) is 17.5. The van der Waals surface area contributed by atoms with Crippen molar-refractivity contribution in [2.24, 2.45) is 11.8 Å². The largest absolute Gasteiger partial charge is 0.326 e. The SMILES string of the molecule is CC(CC(=O)Nc1ccc(Cc2ccncc2)cc1)C1CCNCC1.Cl.Cl. The lowest BCUT2D eigenvalue weighted by molar-refractivity contribution is -0.117. The Labute approximate surface area is 174 Å². The number of nitrogens with zero attached hydrogens (tertiary/aromatic N) is 1. The number of benzene rings is 1. The van der Waals surface area contributed by atoms with Crippen LogP contribution in [0.4, 0.5) is 5.69 Å². The molecule has 0 spiro atoms. The van der Waals surface area contributed by atoms with Crippen LogP contribution in [0.3, 0.4) is 0 Å². The van der Waals surface area contributed by atoms with E-state index >= 15 is 0 Å². The van der Waals surface area contributed by atoms with Gasteiger partial charge in [0, 0.05) is 24.5 Å². The van der Waals surface area contributed by atoms with E-state index in [1.165, 1.54) is 24.0 Å². The number of hydrogen-bond acceptors (Lipinski definition) is 3. The minimum atomic E-state index is 0. The molecule has 1 saturated heterocycles. The molecule has 148 valence electrons. The first-order valence-corrected chi connectivity index (χ1v) is 9.19. The number of carbonyl (C=O) groups excluding carboxylic acids is 1. The number of amides is 1. The summed E-state index contributed by atoms with van der Waals surface area (Å²) in [5.41, 5.74) is 3.34. The molecule has 1 aliphatic rings. The number of carbonyl (C=O) groups is 1. The first-order valence-electron chi connectivity index (χ1n) is 9.19. The van der Waals surface area contributed by atoms with E-state index in [4.69, 9.17) is 0 Å². The van der Waals surface area contributed by atoms with Gasteiger partial charge in [-0.25, -0.2) is 0 Å². The Morgan fingerprint density at radius 3 is 2.30 bits per heavy atom. The van der Waals surface area contributed by atoms with E-state index < -0.39 is 0 Å². The summed E-state index contributed by atoms with van der Waals surface area (Å²) >= 11 is 0. The molecule has 4 nitrogen and oxygen atoms in total. The molecule has 1 aliphatic heterocycles. The van der Waals surface area contributed by atoms with Crippen LogP contribution < -0.4 is 10.6 Å². The Hall–Kier alpha value is -1.62. The molecule has 2 heterocycles. The molecular weight excluding hydrogens is 381 g/mol. The van der Waals surface area contributed by atoms with Crippen molar-refractivity contribution in [1.82, 2.24) is 10.3 Å². The van der Waals surface area contributed by atoms with Crippen LogP contribution in [0.25, 0.3) is 0 Å². The van der Waals surface area contributed by atoms with Gasteiger partial charge in [-0.15, -0.1) is 24.8 Å². The lowest BCUT2D eigenvalue weighted by Gasteiger charge is -2.27. The Morgan fingerprint density at radius 1 is 1.07 bits per heavy atom. The molecule has 1 aromatic carbocycles. The van der Waals surface area contributed by atoms with E-state index in [9.17, 15) is 4.79 Å². The summed E-state index contributed by atoms with van der Waals surface area (Å²) in [6.07, 6.45) is 7.46. The Balaban J connectivity index is 0.00000182. The first-order chi connectivity index (χ1) is 12.2. The van der Waals surface area contributed by atoms with Gasteiger partial charge in [-0.05, 0) is 79.6 Å². The van der Waals surface area contributed by atoms with Gasteiger partial charge in [0.05, 0.1) is 0 Å². The molecule has 0 saturated carbocycles. The van der Waals surface area contributed by atoms with Crippen molar-refractivity contribution in [2.45, 2.75) is 32.6 Å². The summed E-state index contributed by atoms with van der Waals surface area (Å²) in [4.78, 5) is 16.3. The van der Waals surface area contributed by atoms with Gasteiger partial charge < -0.3 is 10.6 Å². The minimum absolute atomic E-state index is 0. The zero-order valence-corrected chi connectivity index (χ0v) is 17.3. The number of aromatic nitrogens is 1. The second-order valence-electron chi connectivity index (χ2n) is 7.05. The maximum Gasteiger partial charge on any atom is 0.224 e. The second-order valence-corrected chi connectivity index (χ2v) is 7.05. The highest BCUT2D eigenvalue weighted by Crippen LogP contribution is 2.24. The number of pyridine rings is 1. The van der Waals surface area contributed by atoms with Crippen LogP contribution in [-0.4, -0.2) is 24.0 Å². The summed E-state index contributed by atoms with van der Waals surface area (Å²) in [6, 6.07) is 12.2. The standard InChI is InChI=1S/C21H27N3O.2ClH/c1-16(19-8-12-23-13-9-19)14-21(25)24-20-4-2-17(3-5-20)15-18-6-10-22-11-7-18;;/h2-7,10-11,16,19,23H,8-9,12-15H2,1H3,(H,24,25);2*1H. The lowest BCUT2D eigenvalue weighted by atomic mass is 9.84. The predicted octanol–water partition coefficient (Wildman–Crippen LogP) is 4.48. The summed E-state index contributed by atoms with van der Waals surface area (Å²) in [5, 5.41) is 6.42. The summed E-state index contributed by atoms with van der Waals surface area (Å²) < 4.78 is 0. The van der Waals surface area contributed by atoms with E-state index in [1.807, 2.05) is 36.7 Å². The molecule has 27 heavy (non-hydrogen) atoms. The van der Waals surface area contributed by atoms with Crippen LogP contribution >= 0.6 is 24.8 Å². The molecular formula is C21H29Cl2N3O. The van der Waals surface area contributed by atoms with Crippen molar-refractivity contribution in [2.75, 3.05) is 18.4 Å². The molecule has 1 unspecified atom stereocenters. The van der Waals surface area contributed by atoms with Gasteiger partial charge in [0.15, 0.2) is 0 Å². The molecule has 3 rings (SSSR count). The number of hydrogen-bond donors (Lipinski definition) is 2. The van der Waals surface area contributed by atoms with Gasteiger partial charge in [0.1, 0.15) is 0 Å². The maximum atomic E-state index is 12.3. The van der Waals surface area contributed by atoms with Crippen LogP contribution in [0.15, 0.2) is 48.8 Å². The molecule has 2 N–H and O–H groups in total. The van der Waals surface area contributed by atoms with Crippen LogP contribution in [-0.2, 0) is 11.2 Å². The van der Waals surface area contributed by atoms with Gasteiger partial charge in [-0.2, -0.15) is 0 Å². The number of nitrogens with one attached hydrogen (secondary N) is 2. The highest BCUT2D eigenvalue weighted by atomic mass is 35.5. The average Bonchev–Trinajstić information content (AvgIpc) is 2.65. The van der Waals surface area contributed by atoms with Gasteiger partial charge in [-0.3, -0.25) is 9.78 Å². The van der Waals surface area contributed by atoms with Crippen LogP contribution in [0, 0.1) is 11.8 Å². The van der Waals surface area contributed by atoms with Crippen LogP contribution in [0.1, 0.15) is 37.3 Å². The number of piperidine rings is 1. The minimum Gasteiger partial charge on any atom is -0.326 e. The normalized spacial score (nSPS) is 15.1. The third-order valence-electron chi connectivity index (χ3n) is 5.09. The fourth-order valence-corrected chi connectivity index (χ4v) is 3.53. The van der Waals surface area contributed by atoms with E-state index in [0.29, 0.717) is 18.3 Å². The van der Waals surface area contributed by atoms with E-state index in [1.54, 1.807) is 0 Å². The lowest BCUT2D eigenvalue weighted by Crippen LogP contribution is -2.32. The van der Waals surface area contributed by atoms with Crippen molar-refractivity contribution < 1.29 is 4.79 Å². The van der Waals surface area contributed by atoms with E-state index in [-0.39, 0.29) is 30.7 Å². The third-order valence-corrected chi connectivity index (χ3v) is 5.09. The second kappa shape index (κ2) is 12.0. The van der Waals surface area contributed by atoms with E-state index in [0.717, 1.165) is 25.2 Å². The number of anilines is 1.